The van der Waals surface area contributed by atoms with Gasteiger partial charge in [-0.15, -0.1) is 0 Å². The van der Waals surface area contributed by atoms with Gasteiger partial charge >= 0.3 is 5.97 Å². The van der Waals surface area contributed by atoms with E-state index in [-0.39, 0.29) is 12.4 Å². The summed E-state index contributed by atoms with van der Waals surface area (Å²) >= 11 is 0. The third kappa shape index (κ3) is 5.29. The van der Waals surface area contributed by atoms with Gasteiger partial charge < -0.3 is 47.4 Å². The molecule has 0 radical (unpaired) electrons. The fraction of sp³-hybridized carbons (Fsp3) is 0.842. The summed E-state index contributed by atoms with van der Waals surface area (Å²) in [7, 11) is 10.4. The van der Waals surface area contributed by atoms with Crippen LogP contribution in [0.5, 0.6) is 0 Å². The predicted molar refractivity (Wildman–Crippen MR) is 101 cm³/mol. The van der Waals surface area contributed by atoms with Crippen molar-refractivity contribution in [1.29, 1.82) is 0 Å². The van der Waals surface area contributed by atoms with E-state index in [1.54, 1.807) is 21.3 Å². The van der Waals surface area contributed by atoms with Crippen LogP contribution in [0, 0.1) is 0 Å². The van der Waals surface area contributed by atoms with Crippen molar-refractivity contribution >= 4 is 5.97 Å². The average Bonchev–Trinajstić information content (AvgIpc) is 2.79. The number of hydrogen-bond acceptors (Lipinski definition) is 11. The van der Waals surface area contributed by atoms with E-state index in [1.165, 1.54) is 34.5 Å². The van der Waals surface area contributed by atoms with E-state index in [9.17, 15) is 4.79 Å². The van der Waals surface area contributed by atoms with Gasteiger partial charge in [-0.05, 0) is 6.08 Å². The molecule has 0 aliphatic carbocycles. The molecule has 0 spiro atoms. The van der Waals surface area contributed by atoms with E-state index >= 15 is 0 Å². The summed E-state index contributed by atoms with van der Waals surface area (Å²) in [5, 5.41) is 0. The first-order chi connectivity index (χ1) is 14.5. The van der Waals surface area contributed by atoms with Crippen molar-refractivity contribution in [1.82, 2.24) is 0 Å². The molecule has 0 N–H and O–H groups in total. The molecule has 2 heterocycles. The zero-order valence-electron chi connectivity index (χ0n) is 18.4. The molecular formula is C19H32O11. The molecule has 1 saturated heterocycles. The van der Waals surface area contributed by atoms with Crippen LogP contribution in [0.1, 0.15) is 0 Å². The average molecular weight is 436 g/mol. The second kappa shape index (κ2) is 11.9. The number of rotatable bonds is 10. The zero-order valence-corrected chi connectivity index (χ0v) is 18.4. The molecule has 2 aliphatic rings. The summed E-state index contributed by atoms with van der Waals surface area (Å²) in [4.78, 5) is 11.9. The maximum Gasteiger partial charge on any atom is 0.373 e. The lowest BCUT2D eigenvalue weighted by Gasteiger charge is -2.44. The Morgan fingerprint density at radius 3 is 1.93 bits per heavy atom. The Kier molecular flexibility index (Phi) is 9.91. The number of hydrogen-bond donors (Lipinski definition) is 0. The first-order valence-corrected chi connectivity index (χ1v) is 9.40. The number of carbonyl (C=O) groups is 1. The van der Waals surface area contributed by atoms with Crippen LogP contribution >= 0.6 is 0 Å². The summed E-state index contributed by atoms with van der Waals surface area (Å²) in [6.45, 7) is 0.0318. The van der Waals surface area contributed by atoms with Gasteiger partial charge in [0.2, 0.25) is 12.0 Å². The lowest BCUT2D eigenvalue weighted by Crippen LogP contribution is -2.61. The van der Waals surface area contributed by atoms with E-state index in [0.29, 0.717) is 0 Å². The summed E-state index contributed by atoms with van der Waals surface area (Å²) in [6.07, 6.45) is -3.41. The minimum Gasteiger partial charge on any atom is -0.463 e. The molecule has 0 saturated carbocycles. The van der Waals surface area contributed by atoms with Crippen molar-refractivity contribution in [3.63, 3.8) is 0 Å². The molecule has 0 amide bonds. The highest BCUT2D eigenvalue weighted by Crippen LogP contribution is 2.29. The molecule has 174 valence electrons. The van der Waals surface area contributed by atoms with Crippen LogP contribution in [0.4, 0.5) is 0 Å². The Morgan fingerprint density at radius 1 is 0.800 bits per heavy atom. The van der Waals surface area contributed by atoms with Gasteiger partial charge in [0.25, 0.3) is 0 Å². The standard InChI is InChI=1S/C19H32O11/c1-21-10-8-11(17(20)26-6)29-19(14(10)23-3)28-9-12-13(22-2)15(24-4)16(25-5)18(27-7)30-12/h8,10,12-16,18-19H,9H2,1-7H3/t10?,12-,13+,14?,15-,16-,18-,19?/m0/s1. The maximum absolute atomic E-state index is 11.9. The van der Waals surface area contributed by atoms with Gasteiger partial charge in [-0.3, -0.25) is 0 Å². The first kappa shape index (κ1) is 25.0. The molecule has 0 bridgehead atoms. The second-order valence-electron chi connectivity index (χ2n) is 6.62. The smallest absolute Gasteiger partial charge is 0.373 e. The van der Waals surface area contributed by atoms with Crippen molar-refractivity contribution in [2.75, 3.05) is 56.4 Å². The van der Waals surface area contributed by atoms with Crippen LogP contribution in [-0.2, 0) is 52.2 Å². The summed E-state index contributed by atoms with van der Waals surface area (Å²) in [6, 6.07) is 0. The predicted octanol–water partition coefficient (Wildman–Crippen LogP) is -0.137. The Bertz CT molecular complexity index is 569. The Balaban J connectivity index is 2.16. The molecule has 11 nitrogen and oxygen atoms in total. The molecule has 30 heavy (non-hydrogen) atoms. The maximum atomic E-state index is 11.9. The molecule has 2 aliphatic heterocycles. The first-order valence-electron chi connectivity index (χ1n) is 9.40. The fourth-order valence-electron chi connectivity index (χ4n) is 3.62. The van der Waals surface area contributed by atoms with E-state index in [1.807, 2.05) is 0 Å². The molecule has 3 unspecified atom stereocenters. The van der Waals surface area contributed by atoms with Crippen molar-refractivity contribution in [2.45, 2.75) is 49.2 Å². The Hall–Kier alpha value is -1.31. The minimum absolute atomic E-state index is 0.0283. The number of methoxy groups -OCH3 is 7. The third-order valence-corrected chi connectivity index (χ3v) is 5.15. The third-order valence-electron chi connectivity index (χ3n) is 5.15. The monoisotopic (exact) mass is 436 g/mol. The van der Waals surface area contributed by atoms with Gasteiger partial charge in [-0.2, -0.15) is 0 Å². The zero-order chi connectivity index (χ0) is 22.3. The Morgan fingerprint density at radius 2 is 1.43 bits per heavy atom. The summed E-state index contributed by atoms with van der Waals surface area (Å²) in [5.41, 5.74) is 0. The summed E-state index contributed by atoms with van der Waals surface area (Å²) < 4.78 is 55.2. The van der Waals surface area contributed by atoms with Gasteiger partial charge in [0.05, 0.1) is 13.7 Å². The normalized spacial score (nSPS) is 36.7. The van der Waals surface area contributed by atoms with Crippen LogP contribution in [0.15, 0.2) is 11.8 Å². The van der Waals surface area contributed by atoms with Crippen molar-refractivity contribution in [2.24, 2.45) is 0 Å². The molecule has 0 aromatic rings. The van der Waals surface area contributed by atoms with Gasteiger partial charge in [-0.1, -0.05) is 0 Å². The van der Waals surface area contributed by atoms with E-state index in [4.69, 9.17) is 47.4 Å². The Labute approximate surface area is 176 Å². The number of ether oxygens (including phenoxy) is 10. The summed E-state index contributed by atoms with van der Waals surface area (Å²) in [5.74, 6) is -0.676. The molecule has 8 atom stereocenters. The van der Waals surface area contributed by atoms with Crippen LogP contribution in [0.3, 0.4) is 0 Å². The van der Waals surface area contributed by atoms with E-state index < -0.39 is 55.2 Å². The molecule has 2 rings (SSSR count). The van der Waals surface area contributed by atoms with Crippen LogP contribution < -0.4 is 0 Å². The second-order valence-corrected chi connectivity index (χ2v) is 6.62. The molecule has 0 aromatic heterocycles. The van der Waals surface area contributed by atoms with Gasteiger partial charge in [-0.25, -0.2) is 4.79 Å². The highest BCUT2D eigenvalue weighted by molar-refractivity contribution is 5.86. The molecular weight excluding hydrogens is 404 g/mol. The molecule has 11 heteroatoms. The van der Waals surface area contributed by atoms with Gasteiger partial charge in [0, 0.05) is 42.7 Å². The van der Waals surface area contributed by atoms with Crippen molar-refractivity contribution in [3.8, 4) is 0 Å². The SMILES string of the molecule is COC(=O)C1=CC(OC)C(OC)C(OC[C@@H]2O[C@H](OC)[C@@H](OC)[C@@H](OC)[C@@H]2OC)O1. The highest BCUT2D eigenvalue weighted by Gasteiger charge is 2.48. The van der Waals surface area contributed by atoms with Gasteiger partial charge in [0.15, 0.2) is 6.29 Å². The lowest BCUT2D eigenvalue weighted by atomic mass is 9.98. The van der Waals surface area contributed by atoms with Gasteiger partial charge in [0.1, 0.15) is 36.6 Å². The largest absolute Gasteiger partial charge is 0.463 e. The van der Waals surface area contributed by atoms with E-state index in [2.05, 4.69) is 0 Å². The fourth-order valence-corrected chi connectivity index (χ4v) is 3.62. The lowest BCUT2D eigenvalue weighted by molar-refractivity contribution is -0.317. The van der Waals surface area contributed by atoms with Crippen molar-refractivity contribution in [3.05, 3.63) is 11.8 Å². The topological polar surface area (TPSA) is 109 Å². The minimum atomic E-state index is -0.956. The van der Waals surface area contributed by atoms with Crippen LogP contribution in [-0.4, -0.2) is 112 Å². The number of carbonyl (C=O) groups excluding carboxylic acids is 1. The molecule has 1 fully saturated rings. The van der Waals surface area contributed by atoms with E-state index in [0.717, 1.165) is 0 Å². The quantitative estimate of drug-likeness (QED) is 0.427. The highest BCUT2D eigenvalue weighted by atomic mass is 16.7. The van der Waals surface area contributed by atoms with Crippen LogP contribution in [0.2, 0.25) is 0 Å². The van der Waals surface area contributed by atoms with Crippen molar-refractivity contribution < 1.29 is 52.2 Å². The van der Waals surface area contributed by atoms with Crippen LogP contribution in [0.25, 0.3) is 0 Å². The molecule has 0 aromatic carbocycles. The number of esters is 1.